The minimum absolute atomic E-state index is 0.625. The van der Waals surface area contributed by atoms with Crippen LogP contribution >= 0.6 is 0 Å². The van der Waals surface area contributed by atoms with Gasteiger partial charge in [-0.2, -0.15) is 0 Å². The van der Waals surface area contributed by atoms with Gasteiger partial charge < -0.3 is 10.6 Å². The molecule has 2 heteroatoms. The van der Waals surface area contributed by atoms with Gasteiger partial charge in [0.1, 0.15) is 0 Å². The molecule has 0 amide bonds. The molecule has 0 aromatic rings. The topological polar surface area (TPSA) is 24.1 Å². The van der Waals surface area contributed by atoms with E-state index in [-0.39, 0.29) is 0 Å². The summed E-state index contributed by atoms with van der Waals surface area (Å²) in [5.41, 5.74) is 0.625. The van der Waals surface area contributed by atoms with Crippen LogP contribution in [0.5, 0.6) is 0 Å². The fourth-order valence-electron chi connectivity index (χ4n) is 2.88. The Kier molecular flexibility index (Phi) is 3.68. The average Bonchev–Trinajstić information content (AvgIpc) is 2.15. The molecule has 1 saturated heterocycles. The van der Waals surface area contributed by atoms with E-state index in [1.807, 2.05) is 0 Å². The molecule has 1 heterocycles. The average molecular weight is 210 g/mol. The Labute approximate surface area is 94.2 Å². The maximum absolute atomic E-state index is 3.66. The van der Waals surface area contributed by atoms with Gasteiger partial charge in [-0.25, -0.2) is 0 Å². The molecule has 2 N–H and O–H groups in total. The molecule has 0 radical (unpaired) electrons. The van der Waals surface area contributed by atoms with Crippen LogP contribution in [-0.4, -0.2) is 25.7 Å². The Hall–Kier alpha value is -0.0800. The molecular formula is C13H26N2. The van der Waals surface area contributed by atoms with Crippen molar-refractivity contribution in [1.29, 1.82) is 0 Å². The van der Waals surface area contributed by atoms with E-state index in [4.69, 9.17) is 0 Å². The van der Waals surface area contributed by atoms with Crippen LogP contribution in [0, 0.1) is 11.3 Å². The number of hydrogen-bond donors (Lipinski definition) is 2. The van der Waals surface area contributed by atoms with Gasteiger partial charge in [0.2, 0.25) is 0 Å². The summed E-state index contributed by atoms with van der Waals surface area (Å²) < 4.78 is 0. The Balaban J connectivity index is 1.60. The highest BCUT2D eigenvalue weighted by Gasteiger charge is 2.31. The molecule has 88 valence electrons. The van der Waals surface area contributed by atoms with Gasteiger partial charge in [0.25, 0.3) is 0 Å². The van der Waals surface area contributed by atoms with Crippen molar-refractivity contribution in [1.82, 2.24) is 10.6 Å². The van der Waals surface area contributed by atoms with Crippen molar-refractivity contribution in [2.75, 3.05) is 19.6 Å². The molecule has 2 aliphatic rings. The van der Waals surface area contributed by atoms with Crippen LogP contribution in [0.25, 0.3) is 0 Å². The fraction of sp³-hybridized carbons (Fsp3) is 1.00. The maximum atomic E-state index is 3.66. The SMILES string of the molecule is CC1CCNC(CNCC2(C)CCC2)C1. The molecule has 2 nitrogen and oxygen atoms in total. The quantitative estimate of drug-likeness (QED) is 0.743. The Morgan fingerprint density at radius 1 is 1.40 bits per heavy atom. The Morgan fingerprint density at radius 2 is 2.20 bits per heavy atom. The van der Waals surface area contributed by atoms with Crippen molar-refractivity contribution < 1.29 is 0 Å². The highest BCUT2D eigenvalue weighted by atomic mass is 15.0. The molecule has 2 fully saturated rings. The molecule has 15 heavy (non-hydrogen) atoms. The lowest BCUT2D eigenvalue weighted by Crippen LogP contribution is -2.47. The highest BCUT2D eigenvalue weighted by Crippen LogP contribution is 2.39. The van der Waals surface area contributed by atoms with Crippen molar-refractivity contribution in [3.05, 3.63) is 0 Å². The zero-order valence-electron chi connectivity index (χ0n) is 10.3. The van der Waals surface area contributed by atoms with Crippen LogP contribution in [0.4, 0.5) is 0 Å². The van der Waals surface area contributed by atoms with Crippen LogP contribution in [-0.2, 0) is 0 Å². The lowest BCUT2D eigenvalue weighted by Gasteiger charge is -2.39. The summed E-state index contributed by atoms with van der Waals surface area (Å²) in [4.78, 5) is 0. The van der Waals surface area contributed by atoms with Gasteiger partial charge in [-0.3, -0.25) is 0 Å². The van der Waals surface area contributed by atoms with Crippen LogP contribution < -0.4 is 10.6 Å². The van der Waals surface area contributed by atoms with Gasteiger partial charge in [-0.15, -0.1) is 0 Å². The summed E-state index contributed by atoms with van der Waals surface area (Å²) in [7, 11) is 0. The molecule has 2 rings (SSSR count). The number of nitrogens with one attached hydrogen (secondary N) is 2. The standard InChI is InChI=1S/C13H26N2/c1-11-4-7-15-12(8-11)9-14-10-13(2)5-3-6-13/h11-12,14-15H,3-10H2,1-2H3. The monoisotopic (exact) mass is 210 g/mol. The van der Waals surface area contributed by atoms with E-state index < -0.39 is 0 Å². The van der Waals surface area contributed by atoms with Gasteiger partial charge in [0, 0.05) is 19.1 Å². The second kappa shape index (κ2) is 4.84. The van der Waals surface area contributed by atoms with Gasteiger partial charge >= 0.3 is 0 Å². The van der Waals surface area contributed by atoms with Crippen LogP contribution in [0.1, 0.15) is 46.0 Å². The molecule has 1 aliphatic heterocycles. The van der Waals surface area contributed by atoms with E-state index in [0.717, 1.165) is 12.0 Å². The maximum Gasteiger partial charge on any atom is 0.0195 e. The minimum atomic E-state index is 0.625. The normalized spacial score (nSPS) is 34.8. The summed E-state index contributed by atoms with van der Waals surface area (Å²) in [6.07, 6.45) is 7.00. The third kappa shape index (κ3) is 3.18. The molecule has 0 aromatic heterocycles. The molecular weight excluding hydrogens is 184 g/mol. The molecule has 0 bridgehead atoms. The van der Waals surface area contributed by atoms with Crippen LogP contribution in [0.2, 0.25) is 0 Å². The van der Waals surface area contributed by atoms with Gasteiger partial charge in [0.15, 0.2) is 0 Å². The fourth-order valence-corrected chi connectivity index (χ4v) is 2.88. The zero-order chi connectivity index (χ0) is 10.7. The number of hydrogen-bond acceptors (Lipinski definition) is 2. The summed E-state index contributed by atoms with van der Waals surface area (Å²) >= 11 is 0. The Bertz CT molecular complexity index is 199. The zero-order valence-corrected chi connectivity index (χ0v) is 10.3. The van der Waals surface area contributed by atoms with E-state index >= 15 is 0 Å². The van der Waals surface area contributed by atoms with Crippen molar-refractivity contribution >= 4 is 0 Å². The highest BCUT2D eigenvalue weighted by molar-refractivity contribution is 4.86. The molecule has 2 unspecified atom stereocenters. The van der Waals surface area contributed by atoms with E-state index in [0.29, 0.717) is 5.41 Å². The van der Waals surface area contributed by atoms with Crippen molar-refractivity contribution in [3.63, 3.8) is 0 Å². The van der Waals surface area contributed by atoms with Crippen molar-refractivity contribution in [2.24, 2.45) is 11.3 Å². The second-order valence-electron chi connectivity index (χ2n) is 6.08. The van der Waals surface area contributed by atoms with Crippen molar-refractivity contribution in [3.8, 4) is 0 Å². The molecule has 0 aromatic carbocycles. The Morgan fingerprint density at radius 3 is 2.80 bits per heavy atom. The molecule has 0 spiro atoms. The summed E-state index contributed by atoms with van der Waals surface area (Å²) in [6.45, 7) is 8.39. The van der Waals surface area contributed by atoms with Crippen LogP contribution in [0.3, 0.4) is 0 Å². The van der Waals surface area contributed by atoms with Gasteiger partial charge in [0.05, 0.1) is 0 Å². The predicted octanol–water partition coefficient (Wildman–Crippen LogP) is 2.15. The van der Waals surface area contributed by atoms with Crippen LogP contribution in [0.15, 0.2) is 0 Å². The molecule has 2 atom stereocenters. The third-order valence-corrected chi connectivity index (χ3v) is 4.26. The summed E-state index contributed by atoms with van der Waals surface area (Å²) in [6, 6.07) is 0.720. The van der Waals surface area contributed by atoms with E-state index in [9.17, 15) is 0 Å². The second-order valence-corrected chi connectivity index (χ2v) is 6.08. The lowest BCUT2D eigenvalue weighted by molar-refractivity contribution is 0.153. The predicted molar refractivity (Wildman–Crippen MR) is 65.0 cm³/mol. The van der Waals surface area contributed by atoms with Crippen molar-refractivity contribution in [2.45, 2.75) is 52.0 Å². The van der Waals surface area contributed by atoms with Gasteiger partial charge in [-0.1, -0.05) is 20.3 Å². The smallest absolute Gasteiger partial charge is 0.0195 e. The largest absolute Gasteiger partial charge is 0.315 e. The molecule has 1 saturated carbocycles. The van der Waals surface area contributed by atoms with E-state index in [2.05, 4.69) is 24.5 Å². The number of rotatable bonds is 4. The first-order valence-corrected chi connectivity index (χ1v) is 6.62. The molecule has 1 aliphatic carbocycles. The van der Waals surface area contributed by atoms with E-state index in [1.165, 1.54) is 51.7 Å². The van der Waals surface area contributed by atoms with E-state index in [1.54, 1.807) is 0 Å². The first-order valence-electron chi connectivity index (χ1n) is 6.62. The lowest BCUT2D eigenvalue weighted by atomic mass is 9.70. The first-order chi connectivity index (χ1) is 7.18. The summed E-state index contributed by atoms with van der Waals surface area (Å²) in [5, 5.41) is 7.26. The first kappa shape index (κ1) is 11.4. The third-order valence-electron chi connectivity index (χ3n) is 4.26. The summed E-state index contributed by atoms with van der Waals surface area (Å²) in [5.74, 6) is 0.914. The number of piperidine rings is 1. The van der Waals surface area contributed by atoms with Gasteiger partial charge in [-0.05, 0) is 43.6 Å². The minimum Gasteiger partial charge on any atom is -0.315 e.